The minimum absolute atomic E-state index is 0.107. The van der Waals surface area contributed by atoms with E-state index < -0.39 is 11.4 Å². The third-order valence-corrected chi connectivity index (χ3v) is 7.31. The van der Waals surface area contributed by atoms with Crippen LogP contribution in [-0.4, -0.2) is 40.9 Å². The molecule has 1 aliphatic rings. The summed E-state index contributed by atoms with van der Waals surface area (Å²) in [7, 11) is 2.13. The Labute approximate surface area is 193 Å². The molecule has 0 N–H and O–H groups in total. The number of Topliss-reactive ketones (excluding diaryl/α,β-unsaturated/α-hetero) is 1. The third kappa shape index (κ3) is 5.12. The molecule has 2 aromatic carbocycles. The van der Waals surface area contributed by atoms with Crippen LogP contribution in [-0.2, 0) is 27.2 Å². The second kappa shape index (κ2) is 9.19. The number of nitrogens with zero attached hydrogens (tertiary/aromatic N) is 1. The van der Waals surface area contributed by atoms with E-state index in [1.807, 2.05) is 60.7 Å². The van der Waals surface area contributed by atoms with Crippen molar-refractivity contribution in [3.63, 3.8) is 0 Å². The predicted molar refractivity (Wildman–Crippen MR) is 128 cm³/mol. The van der Waals surface area contributed by atoms with Gasteiger partial charge in [0.05, 0.1) is 0 Å². The molecule has 0 atom stereocenters. The van der Waals surface area contributed by atoms with Crippen molar-refractivity contribution in [2.24, 2.45) is 5.41 Å². The van der Waals surface area contributed by atoms with E-state index in [0.717, 1.165) is 24.0 Å². The molecule has 3 rings (SSSR count). The fourth-order valence-corrected chi connectivity index (χ4v) is 5.12. The van der Waals surface area contributed by atoms with Gasteiger partial charge in [-0.3, -0.25) is 14.5 Å². The van der Waals surface area contributed by atoms with Crippen molar-refractivity contribution in [3.05, 3.63) is 71.8 Å². The number of carbonyl (C=O) groups excluding carboxylic acids is 2. The summed E-state index contributed by atoms with van der Waals surface area (Å²) < 4.78 is 6.20. The van der Waals surface area contributed by atoms with Crippen LogP contribution in [0.5, 0.6) is 0 Å². The lowest BCUT2D eigenvalue weighted by atomic mass is 9.73. The molecule has 0 aliphatic carbocycles. The molecule has 1 heterocycles. The van der Waals surface area contributed by atoms with E-state index in [2.05, 4.69) is 39.6 Å². The second-order valence-corrected chi connectivity index (χ2v) is 10.6. The second-order valence-electron chi connectivity index (χ2n) is 10.6. The zero-order valence-electron chi connectivity index (χ0n) is 20.4. The van der Waals surface area contributed by atoms with Gasteiger partial charge in [-0.05, 0) is 65.6 Å². The van der Waals surface area contributed by atoms with Crippen LogP contribution in [0.2, 0.25) is 0 Å². The highest BCUT2D eigenvalue weighted by Gasteiger charge is 2.49. The first-order valence-electron chi connectivity index (χ1n) is 11.5. The van der Waals surface area contributed by atoms with Gasteiger partial charge in [0.2, 0.25) is 0 Å². The Morgan fingerprint density at radius 1 is 0.875 bits per heavy atom. The van der Waals surface area contributed by atoms with E-state index in [9.17, 15) is 9.59 Å². The number of benzene rings is 2. The smallest absolute Gasteiger partial charge is 0.320 e. The summed E-state index contributed by atoms with van der Waals surface area (Å²) in [4.78, 5) is 29.3. The zero-order valence-corrected chi connectivity index (χ0v) is 20.4. The van der Waals surface area contributed by atoms with Crippen molar-refractivity contribution in [1.29, 1.82) is 0 Å². The summed E-state index contributed by atoms with van der Waals surface area (Å²) >= 11 is 0. The van der Waals surface area contributed by atoms with Crippen LogP contribution in [0.15, 0.2) is 60.7 Å². The van der Waals surface area contributed by atoms with Crippen molar-refractivity contribution in [1.82, 2.24) is 4.90 Å². The number of rotatable bonds is 7. The van der Waals surface area contributed by atoms with Gasteiger partial charge in [0, 0.05) is 23.9 Å². The van der Waals surface area contributed by atoms with Crippen molar-refractivity contribution in [2.45, 2.75) is 77.5 Å². The van der Waals surface area contributed by atoms with Crippen LogP contribution in [0.25, 0.3) is 0 Å². The number of piperidine rings is 1. The predicted octanol–water partition coefficient (Wildman–Crippen LogP) is 5.24. The van der Waals surface area contributed by atoms with Crippen LogP contribution in [0.3, 0.4) is 0 Å². The number of hydrogen-bond acceptors (Lipinski definition) is 4. The maximum Gasteiger partial charge on any atom is 0.320 e. The first-order valence-corrected chi connectivity index (χ1v) is 11.5. The number of ketones is 1. The molecule has 172 valence electrons. The fourth-order valence-electron chi connectivity index (χ4n) is 5.12. The lowest BCUT2D eigenvalue weighted by Gasteiger charge is -2.53. The molecular formula is C28H37NO3. The molecule has 4 heteroatoms. The number of carbonyl (C=O) groups is 2. The van der Waals surface area contributed by atoms with Crippen LogP contribution >= 0.6 is 0 Å². The number of likely N-dealkylation sites (tertiary alicyclic amines) is 1. The quantitative estimate of drug-likeness (QED) is 0.441. The van der Waals surface area contributed by atoms with Gasteiger partial charge in [-0.2, -0.15) is 0 Å². The standard InChI is InChI=1S/C28H37NO3/c1-21(30)28(17-22-13-9-7-10-14-22,18-23-15-11-8-12-16-23)25(31)32-24-19-26(2,3)29(6)27(4,5)20-24/h7-16,24H,17-20H2,1-6H3. The van der Waals surface area contributed by atoms with Gasteiger partial charge >= 0.3 is 5.97 Å². The molecule has 32 heavy (non-hydrogen) atoms. The van der Waals surface area contributed by atoms with Crippen molar-refractivity contribution < 1.29 is 14.3 Å². The van der Waals surface area contributed by atoms with Crippen LogP contribution in [0.1, 0.15) is 58.6 Å². The van der Waals surface area contributed by atoms with E-state index in [0.29, 0.717) is 12.8 Å². The highest BCUT2D eigenvalue weighted by Crippen LogP contribution is 2.40. The minimum atomic E-state index is -1.25. The molecule has 0 bridgehead atoms. The molecular weight excluding hydrogens is 398 g/mol. The van der Waals surface area contributed by atoms with Crippen LogP contribution < -0.4 is 0 Å². The van der Waals surface area contributed by atoms with Crippen LogP contribution in [0, 0.1) is 5.41 Å². The average molecular weight is 436 g/mol. The molecule has 0 saturated carbocycles. The first kappa shape index (κ1) is 24.2. The maximum absolute atomic E-state index is 13.8. The van der Waals surface area contributed by atoms with Crippen molar-refractivity contribution in [3.8, 4) is 0 Å². The summed E-state index contributed by atoms with van der Waals surface area (Å²) in [5.41, 5.74) is 0.453. The SMILES string of the molecule is CC(=O)C(Cc1ccccc1)(Cc1ccccc1)C(=O)OC1CC(C)(C)N(C)C(C)(C)C1. The highest BCUT2D eigenvalue weighted by molar-refractivity contribution is 6.03. The van der Waals surface area contributed by atoms with Gasteiger partial charge in [0.25, 0.3) is 0 Å². The molecule has 0 radical (unpaired) electrons. The Bertz CT molecular complexity index is 874. The molecule has 1 aliphatic heterocycles. The van der Waals surface area contributed by atoms with Crippen LogP contribution in [0.4, 0.5) is 0 Å². The van der Waals surface area contributed by atoms with Gasteiger partial charge in [0.15, 0.2) is 0 Å². The van der Waals surface area contributed by atoms with E-state index in [-0.39, 0.29) is 23.0 Å². The maximum atomic E-state index is 13.8. The molecule has 1 fully saturated rings. The molecule has 4 nitrogen and oxygen atoms in total. The minimum Gasteiger partial charge on any atom is -0.461 e. The monoisotopic (exact) mass is 435 g/mol. The normalized spacial score (nSPS) is 18.8. The first-order chi connectivity index (χ1) is 15.0. The molecule has 2 aromatic rings. The number of ether oxygens (including phenoxy) is 1. The summed E-state index contributed by atoms with van der Waals surface area (Å²) in [6.07, 6.45) is 1.91. The van der Waals surface area contributed by atoms with Gasteiger partial charge in [-0.1, -0.05) is 60.7 Å². The van der Waals surface area contributed by atoms with Crippen molar-refractivity contribution in [2.75, 3.05) is 7.05 Å². The van der Waals surface area contributed by atoms with Gasteiger partial charge < -0.3 is 4.74 Å². The Morgan fingerprint density at radius 2 is 1.28 bits per heavy atom. The lowest BCUT2D eigenvalue weighted by Crippen LogP contribution is -2.61. The molecule has 0 amide bonds. The lowest BCUT2D eigenvalue weighted by molar-refractivity contribution is -0.173. The topological polar surface area (TPSA) is 46.6 Å². The third-order valence-electron chi connectivity index (χ3n) is 7.31. The van der Waals surface area contributed by atoms with E-state index >= 15 is 0 Å². The van der Waals surface area contributed by atoms with Gasteiger partial charge in [-0.25, -0.2) is 0 Å². The fraction of sp³-hybridized carbons (Fsp3) is 0.500. The van der Waals surface area contributed by atoms with E-state index in [1.54, 1.807) is 0 Å². The number of hydrogen-bond donors (Lipinski definition) is 0. The van der Waals surface area contributed by atoms with E-state index in [4.69, 9.17) is 4.74 Å². The summed E-state index contributed by atoms with van der Waals surface area (Å²) in [5.74, 6) is -0.555. The summed E-state index contributed by atoms with van der Waals surface area (Å²) in [5, 5.41) is 0. The zero-order chi connectivity index (χ0) is 23.6. The van der Waals surface area contributed by atoms with E-state index in [1.165, 1.54) is 6.92 Å². The van der Waals surface area contributed by atoms with Gasteiger partial charge in [-0.15, -0.1) is 0 Å². The molecule has 1 saturated heterocycles. The Morgan fingerprint density at radius 3 is 1.66 bits per heavy atom. The van der Waals surface area contributed by atoms with Gasteiger partial charge in [0.1, 0.15) is 17.3 Å². The summed E-state index contributed by atoms with van der Waals surface area (Å²) in [6.45, 7) is 10.2. The average Bonchev–Trinajstić information content (AvgIpc) is 2.72. The molecule has 0 spiro atoms. The molecule has 0 aromatic heterocycles. The largest absolute Gasteiger partial charge is 0.461 e. The Balaban J connectivity index is 1.94. The Hall–Kier alpha value is -2.46. The van der Waals surface area contributed by atoms with Crippen molar-refractivity contribution >= 4 is 11.8 Å². The highest BCUT2D eigenvalue weighted by atomic mass is 16.5. The summed E-state index contributed by atoms with van der Waals surface area (Å²) in [6, 6.07) is 19.5. The number of esters is 1. The molecule has 0 unspecified atom stereocenters. The Kier molecular flexibility index (Phi) is 6.94.